The summed E-state index contributed by atoms with van der Waals surface area (Å²) in [5, 5.41) is 2.71. The van der Waals surface area contributed by atoms with Gasteiger partial charge in [0.25, 0.3) is 0 Å². The maximum absolute atomic E-state index is 6.69. The summed E-state index contributed by atoms with van der Waals surface area (Å²) in [5.41, 5.74) is 4.43. The Kier molecular flexibility index (Phi) is 4.29. The van der Waals surface area contributed by atoms with E-state index in [1.165, 1.54) is 16.4 Å². The van der Waals surface area contributed by atoms with Crippen LogP contribution in [-0.4, -0.2) is 22.0 Å². The molecule has 1 heterocycles. The Morgan fingerprint density at radius 2 is 1.32 bits per heavy atom. The molecule has 3 heteroatoms. The monoisotopic (exact) mass is 322 g/mol. The van der Waals surface area contributed by atoms with Gasteiger partial charge in [0.1, 0.15) is 7.59 Å². The molecule has 0 atom stereocenters. The van der Waals surface area contributed by atoms with Crippen molar-refractivity contribution < 1.29 is 4.43 Å². The Morgan fingerprint density at radius 1 is 0.818 bits per heavy atom. The third-order valence-corrected chi connectivity index (χ3v) is 19.7. The number of hydrogen-bond donors (Lipinski definition) is 0. The second-order valence-electron chi connectivity index (χ2n) is 5.81. The van der Waals surface area contributed by atoms with Gasteiger partial charge in [0.2, 0.25) is 7.83 Å². The average Bonchev–Trinajstić information content (AvgIpc) is 2.63. The molecule has 0 aliphatic carbocycles. The Balaban J connectivity index is 2.31. The molecule has 2 aromatic rings. The largest absolute Gasteiger partial charge is 0.410 e. The third-order valence-electron chi connectivity index (χ3n) is 4.80. The van der Waals surface area contributed by atoms with Crippen LogP contribution in [0.2, 0.25) is 6.04 Å². The number of benzene rings is 2. The summed E-state index contributed by atoms with van der Waals surface area (Å²) < 4.78 is 6.69. The zero-order valence-electron chi connectivity index (χ0n) is 12.9. The molecule has 3 rings (SSSR count). The Labute approximate surface area is 134 Å². The van der Waals surface area contributed by atoms with E-state index in [1.54, 1.807) is 0 Å². The molecule has 0 N–H and O–H groups in total. The highest BCUT2D eigenvalue weighted by atomic mass is 29.3. The van der Waals surface area contributed by atoms with Crippen LogP contribution in [-0.2, 0) is 4.43 Å². The fraction of sp³-hybridized carbons (Fsp3) is 0.158. The molecule has 0 aromatic heterocycles. The summed E-state index contributed by atoms with van der Waals surface area (Å²) in [6.45, 7) is 9.28. The molecule has 0 unspecified atom stereocenters. The summed E-state index contributed by atoms with van der Waals surface area (Å²) in [6.07, 6.45) is 1.11. The van der Waals surface area contributed by atoms with E-state index in [0.717, 1.165) is 13.0 Å². The van der Waals surface area contributed by atoms with E-state index in [1.807, 2.05) is 0 Å². The second kappa shape index (κ2) is 6.20. The molecule has 1 fully saturated rings. The van der Waals surface area contributed by atoms with Gasteiger partial charge in [-0.2, -0.15) is 0 Å². The van der Waals surface area contributed by atoms with Crippen LogP contribution < -0.4 is 10.4 Å². The molecule has 1 aliphatic heterocycles. The van der Waals surface area contributed by atoms with Gasteiger partial charge in [0.05, 0.1) is 0 Å². The zero-order valence-corrected chi connectivity index (χ0v) is 14.9. The Bertz CT molecular complexity index is 604. The van der Waals surface area contributed by atoms with Gasteiger partial charge >= 0.3 is 0 Å². The van der Waals surface area contributed by atoms with E-state index in [2.05, 4.69) is 85.2 Å². The van der Waals surface area contributed by atoms with E-state index in [0.29, 0.717) is 0 Å². The molecule has 1 saturated heterocycles. The van der Waals surface area contributed by atoms with Crippen LogP contribution in [0.5, 0.6) is 0 Å². The highest BCUT2D eigenvalue weighted by Crippen LogP contribution is 2.32. The minimum atomic E-state index is -2.31. The maximum Gasteiger partial charge on any atom is 0.249 e. The van der Waals surface area contributed by atoms with Crippen molar-refractivity contribution in [2.24, 2.45) is 0 Å². The van der Waals surface area contributed by atoms with Gasteiger partial charge in [-0.1, -0.05) is 72.1 Å². The fourth-order valence-corrected chi connectivity index (χ4v) is 18.4. The van der Waals surface area contributed by atoms with Crippen LogP contribution in [0.4, 0.5) is 0 Å². The van der Waals surface area contributed by atoms with Gasteiger partial charge in [-0.3, -0.25) is 0 Å². The van der Waals surface area contributed by atoms with E-state index in [-0.39, 0.29) is 0 Å². The second-order valence-corrected chi connectivity index (χ2v) is 16.9. The highest BCUT2D eigenvalue weighted by molar-refractivity contribution is 7.52. The van der Waals surface area contributed by atoms with Crippen LogP contribution in [0.3, 0.4) is 0 Å². The summed E-state index contributed by atoms with van der Waals surface area (Å²) in [6, 6.07) is 22.8. The predicted octanol–water partition coefficient (Wildman–Crippen LogP) is 3.14. The summed E-state index contributed by atoms with van der Waals surface area (Å²) in [4.78, 5) is 0. The summed E-state index contributed by atoms with van der Waals surface area (Å²) in [7, 11) is -4.26. The van der Waals surface area contributed by atoms with Crippen molar-refractivity contribution in [2.75, 3.05) is 6.61 Å². The average molecular weight is 323 g/mol. The fourth-order valence-electron chi connectivity index (χ4n) is 3.69. The van der Waals surface area contributed by atoms with Crippen molar-refractivity contribution in [3.05, 3.63) is 85.2 Å². The van der Waals surface area contributed by atoms with Gasteiger partial charge in [-0.15, -0.1) is 13.2 Å². The van der Waals surface area contributed by atoms with E-state index in [9.17, 15) is 0 Å². The first kappa shape index (κ1) is 15.2. The molecule has 0 bridgehead atoms. The van der Waals surface area contributed by atoms with Crippen LogP contribution in [0.1, 0.15) is 6.42 Å². The first-order valence-corrected chi connectivity index (χ1v) is 13.1. The molecular formula is C19H22OSi2. The first-order chi connectivity index (χ1) is 10.8. The Hall–Kier alpha value is -1.69. The molecule has 1 aliphatic rings. The van der Waals surface area contributed by atoms with Gasteiger partial charge in [0.15, 0.2) is 0 Å². The normalized spacial score (nSPS) is 19.3. The third kappa shape index (κ3) is 2.17. The van der Waals surface area contributed by atoms with Gasteiger partial charge in [-0.25, -0.2) is 0 Å². The molecule has 0 radical (unpaired) electrons. The Morgan fingerprint density at radius 3 is 1.77 bits per heavy atom. The molecule has 112 valence electrons. The van der Waals surface area contributed by atoms with Crippen molar-refractivity contribution in [1.82, 2.24) is 0 Å². The maximum atomic E-state index is 6.69. The topological polar surface area (TPSA) is 9.23 Å². The predicted molar refractivity (Wildman–Crippen MR) is 99.4 cm³/mol. The smallest absolute Gasteiger partial charge is 0.249 e. The molecule has 1 nitrogen and oxygen atoms in total. The lowest BCUT2D eigenvalue weighted by Gasteiger charge is -2.47. The molecular weight excluding hydrogens is 300 g/mol. The lowest BCUT2D eigenvalue weighted by Crippen LogP contribution is -2.78. The van der Waals surface area contributed by atoms with E-state index >= 15 is 0 Å². The van der Waals surface area contributed by atoms with E-state index in [4.69, 9.17) is 4.43 Å². The van der Waals surface area contributed by atoms with Crippen molar-refractivity contribution >= 4 is 25.8 Å². The lowest BCUT2D eigenvalue weighted by atomic mass is 10.4. The first-order valence-electron chi connectivity index (χ1n) is 7.81. The summed E-state index contributed by atoms with van der Waals surface area (Å²) in [5.74, 6) is 0. The summed E-state index contributed by atoms with van der Waals surface area (Å²) >= 11 is 0. The lowest BCUT2D eigenvalue weighted by molar-refractivity contribution is 0.316. The van der Waals surface area contributed by atoms with Crippen molar-refractivity contribution in [2.45, 2.75) is 12.5 Å². The van der Waals surface area contributed by atoms with Gasteiger partial charge in [0, 0.05) is 6.61 Å². The quantitative estimate of drug-likeness (QED) is 0.786. The standard InChI is InChI=1S/C19H22OSi2/c1-3-21(4-2)17-11-16-20-22(21,18-12-7-5-8-13-18)19-14-9-6-10-15-19/h3-10,12-15H,1-2,11,16-17H2. The number of hydrogen-bond acceptors (Lipinski definition) is 1. The van der Waals surface area contributed by atoms with E-state index < -0.39 is 15.4 Å². The minimum Gasteiger partial charge on any atom is -0.410 e. The SMILES string of the molecule is C=C[Si]1(C=C)CCCO[Si]1(c1ccccc1)c1ccccc1. The molecule has 2 aromatic carbocycles. The van der Waals surface area contributed by atoms with Crippen molar-refractivity contribution in [1.29, 1.82) is 0 Å². The van der Waals surface area contributed by atoms with Crippen LogP contribution in [0.25, 0.3) is 0 Å². The highest BCUT2D eigenvalue weighted by Gasteiger charge is 2.57. The van der Waals surface area contributed by atoms with Gasteiger partial charge < -0.3 is 4.43 Å². The molecule has 22 heavy (non-hydrogen) atoms. The molecule has 0 spiro atoms. The van der Waals surface area contributed by atoms with Crippen LogP contribution in [0, 0.1) is 0 Å². The number of rotatable bonds is 4. The van der Waals surface area contributed by atoms with Crippen molar-refractivity contribution in [3.8, 4) is 0 Å². The zero-order chi connectivity index (χ0) is 15.5. The van der Waals surface area contributed by atoms with Crippen molar-refractivity contribution in [3.63, 3.8) is 0 Å². The van der Waals surface area contributed by atoms with Gasteiger partial charge in [-0.05, 0) is 22.8 Å². The molecule has 0 amide bonds. The van der Waals surface area contributed by atoms with Crippen LogP contribution in [0.15, 0.2) is 85.2 Å². The minimum absolute atomic E-state index is 0.840. The van der Waals surface area contributed by atoms with Crippen LogP contribution >= 0.6 is 0 Å². The molecule has 0 saturated carbocycles.